The van der Waals surface area contributed by atoms with Gasteiger partial charge < -0.3 is 9.47 Å². The zero-order valence-electron chi connectivity index (χ0n) is 8.98. The molecule has 0 atom stereocenters. The van der Waals surface area contributed by atoms with Crippen LogP contribution >= 0.6 is 11.6 Å². The molecule has 0 amide bonds. The molecule has 0 heterocycles. The van der Waals surface area contributed by atoms with Crippen LogP contribution in [0.1, 0.15) is 12.8 Å². The van der Waals surface area contributed by atoms with Gasteiger partial charge >= 0.3 is 5.97 Å². The van der Waals surface area contributed by atoms with Gasteiger partial charge in [0, 0.05) is 5.02 Å². The maximum Gasteiger partial charge on any atom is 0.308 e. The van der Waals surface area contributed by atoms with Crippen molar-refractivity contribution in [2.75, 3.05) is 7.11 Å². The second kappa shape index (κ2) is 4.74. The van der Waals surface area contributed by atoms with Gasteiger partial charge in [-0.15, -0.1) is 0 Å². The number of halogens is 1. The van der Waals surface area contributed by atoms with Gasteiger partial charge in [-0.05, 0) is 31.0 Å². The van der Waals surface area contributed by atoms with Gasteiger partial charge in [-0.2, -0.15) is 0 Å². The molecule has 1 fully saturated rings. The highest BCUT2D eigenvalue weighted by molar-refractivity contribution is 6.30. The minimum absolute atomic E-state index is 0.00539. The van der Waals surface area contributed by atoms with E-state index in [2.05, 4.69) is 4.74 Å². The first-order valence-corrected chi connectivity index (χ1v) is 5.57. The molecule has 1 aliphatic rings. The van der Waals surface area contributed by atoms with Crippen LogP contribution in [0.3, 0.4) is 0 Å². The molecule has 0 radical (unpaired) electrons. The summed E-state index contributed by atoms with van der Waals surface area (Å²) < 4.78 is 10.3. The van der Waals surface area contributed by atoms with Crippen molar-refractivity contribution in [1.29, 1.82) is 0 Å². The third kappa shape index (κ3) is 2.47. The number of carbonyl (C=O) groups is 1. The van der Waals surface area contributed by atoms with E-state index in [-0.39, 0.29) is 18.0 Å². The van der Waals surface area contributed by atoms with E-state index in [0.29, 0.717) is 5.02 Å². The smallest absolute Gasteiger partial charge is 0.308 e. The zero-order chi connectivity index (χ0) is 11.5. The van der Waals surface area contributed by atoms with Crippen LogP contribution in [0.25, 0.3) is 0 Å². The van der Waals surface area contributed by atoms with Crippen LogP contribution in [-0.2, 0) is 9.53 Å². The summed E-state index contributed by atoms with van der Waals surface area (Å²) >= 11 is 5.84. The number of esters is 1. The number of benzene rings is 1. The third-order valence-corrected chi connectivity index (χ3v) is 2.96. The average molecular weight is 241 g/mol. The van der Waals surface area contributed by atoms with Gasteiger partial charge in [0.05, 0.1) is 13.0 Å². The lowest BCUT2D eigenvalue weighted by molar-refractivity contribution is -0.151. The van der Waals surface area contributed by atoms with E-state index in [0.717, 1.165) is 18.6 Å². The Bertz CT molecular complexity index is 386. The molecule has 86 valence electrons. The van der Waals surface area contributed by atoms with Gasteiger partial charge in [0.15, 0.2) is 0 Å². The average Bonchev–Trinajstić information content (AvgIpc) is 2.22. The molecule has 0 aliphatic heterocycles. The predicted molar refractivity (Wildman–Crippen MR) is 60.6 cm³/mol. The Kier molecular flexibility index (Phi) is 3.34. The van der Waals surface area contributed by atoms with Crippen molar-refractivity contribution in [1.82, 2.24) is 0 Å². The molecule has 0 bridgehead atoms. The molecule has 3 nitrogen and oxygen atoms in total. The summed E-state index contributed by atoms with van der Waals surface area (Å²) in [5, 5.41) is 0.654. The van der Waals surface area contributed by atoms with Gasteiger partial charge in [0.2, 0.25) is 0 Å². The molecule has 2 rings (SSSR count). The first kappa shape index (κ1) is 11.3. The molecule has 0 N–H and O–H groups in total. The minimum atomic E-state index is -0.147. The van der Waals surface area contributed by atoms with E-state index in [9.17, 15) is 4.79 Å². The van der Waals surface area contributed by atoms with Crippen LogP contribution in [0.2, 0.25) is 5.02 Å². The lowest BCUT2D eigenvalue weighted by Crippen LogP contribution is -2.38. The Morgan fingerprint density at radius 3 is 2.81 bits per heavy atom. The van der Waals surface area contributed by atoms with Gasteiger partial charge in [-0.25, -0.2) is 0 Å². The Morgan fingerprint density at radius 1 is 1.44 bits per heavy atom. The maximum atomic E-state index is 11.1. The number of hydrogen-bond acceptors (Lipinski definition) is 3. The summed E-state index contributed by atoms with van der Waals surface area (Å²) in [6.45, 7) is 0. The fourth-order valence-electron chi connectivity index (χ4n) is 1.75. The summed E-state index contributed by atoms with van der Waals surface area (Å²) in [5.41, 5.74) is 0. The lowest BCUT2D eigenvalue weighted by Gasteiger charge is -2.33. The first-order chi connectivity index (χ1) is 7.69. The van der Waals surface area contributed by atoms with Crippen molar-refractivity contribution in [2.24, 2.45) is 5.92 Å². The van der Waals surface area contributed by atoms with E-state index in [4.69, 9.17) is 16.3 Å². The first-order valence-electron chi connectivity index (χ1n) is 5.19. The quantitative estimate of drug-likeness (QED) is 0.762. The van der Waals surface area contributed by atoms with Gasteiger partial charge in [0.1, 0.15) is 11.9 Å². The van der Waals surface area contributed by atoms with Crippen LogP contribution in [-0.4, -0.2) is 19.2 Å². The summed E-state index contributed by atoms with van der Waals surface area (Å²) in [4.78, 5) is 11.1. The molecule has 1 aliphatic carbocycles. The highest BCUT2D eigenvalue weighted by atomic mass is 35.5. The van der Waals surface area contributed by atoms with Crippen LogP contribution in [0.15, 0.2) is 24.3 Å². The van der Waals surface area contributed by atoms with Gasteiger partial charge in [-0.3, -0.25) is 4.79 Å². The van der Waals surface area contributed by atoms with Crippen LogP contribution in [0.4, 0.5) is 0 Å². The molecule has 1 aromatic carbocycles. The topological polar surface area (TPSA) is 35.5 Å². The Morgan fingerprint density at radius 2 is 2.19 bits per heavy atom. The van der Waals surface area contributed by atoms with Crippen molar-refractivity contribution >= 4 is 17.6 Å². The number of hydrogen-bond donors (Lipinski definition) is 0. The van der Waals surface area contributed by atoms with Gasteiger partial charge in [-0.1, -0.05) is 17.7 Å². The van der Waals surface area contributed by atoms with Crippen molar-refractivity contribution in [3.05, 3.63) is 29.3 Å². The number of methoxy groups -OCH3 is 1. The molecule has 0 aromatic heterocycles. The largest absolute Gasteiger partial charge is 0.490 e. The van der Waals surface area contributed by atoms with Gasteiger partial charge in [0.25, 0.3) is 0 Å². The van der Waals surface area contributed by atoms with Crippen molar-refractivity contribution in [3.8, 4) is 5.75 Å². The van der Waals surface area contributed by atoms with E-state index in [1.54, 1.807) is 12.1 Å². The second-order valence-electron chi connectivity index (χ2n) is 3.89. The monoisotopic (exact) mass is 240 g/mol. The van der Waals surface area contributed by atoms with E-state index < -0.39 is 0 Å². The second-order valence-corrected chi connectivity index (χ2v) is 4.33. The van der Waals surface area contributed by atoms with Crippen molar-refractivity contribution < 1.29 is 14.3 Å². The van der Waals surface area contributed by atoms with Crippen LogP contribution in [0.5, 0.6) is 5.75 Å². The maximum absolute atomic E-state index is 11.1. The minimum Gasteiger partial charge on any atom is -0.490 e. The number of ether oxygens (including phenoxy) is 2. The molecule has 1 aromatic rings. The number of carbonyl (C=O) groups excluding carboxylic acids is 1. The van der Waals surface area contributed by atoms with E-state index in [1.165, 1.54) is 7.11 Å². The fourth-order valence-corrected chi connectivity index (χ4v) is 1.93. The standard InChI is InChI=1S/C12H13ClO3/c1-15-12(14)8-5-11(6-8)16-10-4-2-3-9(13)7-10/h2-4,7-8,11H,5-6H2,1H3/t8-,11-. The summed E-state index contributed by atoms with van der Waals surface area (Å²) in [5.74, 6) is 0.598. The SMILES string of the molecule is COC(=O)[C@H]1C[C@H](Oc2cccc(Cl)c2)C1. The number of rotatable bonds is 3. The van der Waals surface area contributed by atoms with Crippen molar-refractivity contribution in [2.45, 2.75) is 18.9 Å². The Hall–Kier alpha value is -1.22. The molecule has 16 heavy (non-hydrogen) atoms. The lowest BCUT2D eigenvalue weighted by atomic mass is 9.82. The third-order valence-electron chi connectivity index (χ3n) is 2.73. The highest BCUT2D eigenvalue weighted by Crippen LogP contribution is 2.32. The molecular weight excluding hydrogens is 228 g/mol. The van der Waals surface area contributed by atoms with Crippen molar-refractivity contribution in [3.63, 3.8) is 0 Å². The van der Waals surface area contributed by atoms with E-state index in [1.807, 2.05) is 12.1 Å². The Labute approximate surface area is 99.3 Å². The Balaban J connectivity index is 1.84. The van der Waals surface area contributed by atoms with Crippen LogP contribution < -0.4 is 4.74 Å². The normalized spacial score (nSPS) is 23.4. The predicted octanol–water partition coefficient (Wildman–Crippen LogP) is 2.67. The van der Waals surface area contributed by atoms with Crippen LogP contribution in [0, 0.1) is 5.92 Å². The molecule has 1 saturated carbocycles. The highest BCUT2D eigenvalue weighted by Gasteiger charge is 2.36. The molecule has 0 unspecified atom stereocenters. The molecule has 0 saturated heterocycles. The van der Waals surface area contributed by atoms with E-state index >= 15 is 0 Å². The summed E-state index contributed by atoms with van der Waals surface area (Å²) in [7, 11) is 1.41. The molecular formula is C12H13ClO3. The summed E-state index contributed by atoms with van der Waals surface area (Å²) in [6.07, 6.45) is 1.54. The zero-order valence-corrected chi connectivity index (χ0v) is 9.74. The molecule has 0 spiro atoms. The summed E-state index contributed by atoms with van der Waals surface area (Å²) in [6, 6.07) is 7.27. The fraction of sp³-hybridized carbons (Fsp3) is 0.417. The molecule has 4 heteroatoms.